The summed E-state index contributed by atoms with van der Waals surface area (Å²) in [5.74, 6) is 0.509. The number of aryl methyl sites for hydroxylation is 1. The molecule has 78 valence electrons. The van der Waals surface area contributed by atoms with E-state index in [1.807, 2.05) is 0 Å². The molecule has 0 spiro atoms. The van der Waals surface area contributed by atoms with Crippen molar-refractivity contribution in [2.75, 3.05) is 0 Å². The highest BCUT2D eigenvalue weighted by atomic mass is 16.5. The SMILES string of the molecule is Cc1ccc(-c2noc(CC(=O)O)n2)o1. The van der Waals surface area contributed by atoms with Crippen molar-refractivity contribution in [3.8, 4) is 11.6 Å². The molecule has 0 saturated heterocycles. The van der Waals surface area contributed by atoms with Gasteiger partial charge >= 0.3 is 5.97 Å². The Morgan fingerprint density at radius 1 is 1.53 bits per heavy atom. The quantitative estimate of drug-likeness (QED) is 0.816. The van der Waals surface area contributed by atoms with Gasteiger partial charge < -0.3 is 14.0 Å². The van der Waals surface area contributed by atoms with Crippen molar-refractivity contribution in [1.82, 2.24) is 10.1 Å². The van der Waals surface area contributed by atoms with Gasteiger partial charge in [0.15, 0.2) is 5.76 Å². The van der Waals surface area contributed by atoms with E-state index in [4.69, 9.17) is 14.0 Å². The summed E-state index contributed by atoms with van der Waals surface area (Å²) >= 11 is 0. The predicted octanol–water partition coefficient (Wildman–Crippen LogP) is 1.27. The Morgan fingerprint density at radius 3 is 2.93 bits per heavy atom. The number of carbonyl (C=O) groups is 1. The van der Waals surface area contributed by atoms with E-state index in [-0.39, 0.29) is 18.1 Å². The number of hydrogen-bond acceptors (Lipinski definition) is 5. The molecule has 2 aromatic rings. The largest absolute Gasteiger partial charge is 0.481 e. The van der Waals surface area contributed by atoms with Crippen LogP contribution >= 0.6 is 0 Å². The Labute approximate surface area is 84.5 Å². The van der Waals surface area contributed by atoms with Crippen LogP contribution in [0, 0.1) is 6.92 Å². The molecule has 0 radical (unpaired) electrons. The predicted molar refractivity (Wildman–Crippen MR) is 48.1 cm³/mol. The van der Waals surface area contributed by atoms with Crippen molar-refractivity contribution in [2.24, 2.45) is 0 Å². The van der Waals surface area contributed by atoms with Gasteiger partial charge in [-0.2, -0.15) is 4.98 Å². The first-order chi connectivity index (χ1) is 7.15. The zero-order valence-corrected chi connectivity index (χ0v) is 7.93. The van der Waals surface area contributed by atoms with Gasteiger partial charge in [0, 0.05) is 0 Å². The van der Waals surface area contributed by atoms with Gasteiger partial charge in [-0.05, 0) is 19.1 Å². The van der Waals surface area contributed by atoms with Crippen LogP contribution < -0.4 is 0 Å². The summed E-state index contributed by atoms with van der Waals surface area (Å²) in [5.41, 5.74) is 0. The molecule has 0 amide bonds. The molecule has 1 N–H and O–H groups in total. The smallest absolute Gasteiger partial charge is 0.312 e. The summed E-state index contributed by atoms with van der Waals surface area (Å²) in [6, 6.07) is 3.47. The molecule has 0 aromatic carbocycles. The number of aromatic nitrogens is 2. The maximum atomic E-state index is 10.4. The van der Waals surface area contributed by atoms with E-state index in [2.05, 4.69) is 10.1 Å². The molecule has 0 bridgehead atoms. The summed E-state index contributed by atoms with van der Waals surface area (Å²) in [7, 11) is 0. The lowest BCUT2D eigenvalue weighted by molar-refractivity contribution is -0.136. The van der Waals surface area contributed by atoms with Gasteiger partial charge in [-0.25, -0.2) is 0 Å². The number of carboxylic acids is 1. The average Bonchev–Trinajstić information content (AvgIpc) is 2.72. The minimum absolute atomic E-state index is 0.0616. The van der Waals surface area contributed by atoms with Crippen molar-refractivity contribution in [1.29, 1.82) is 0 Å². The molecule has 0 saturated carbocycles. The van der Waals surface area contributed by atoms with Crippen LogP contribution in [-0.2, 0) is 11.2 Å². The van der Waals surface area contributed by atoms with E-state index >= 15 is 0 Å². The number of nitrogens with zero attached hydrogens (tertiary/aromatic N) is 2. The van der Waals surface area contributed by atoms with Gasteiger partial charge in [0.2, 0.25) is 11.7 Å². The lowest BCUT2D eigenvalue weighted by Gasteiger charge is -1.85. The van der Waals surface area contributed by atoms with Crippen LogP contribution in [0.5, 0.6) is 0 Å². The van der Waals surface area contributed by atoms with Gasteiger partial charge in [0.1, 0.15) is 12.2 Å². The summed E-state index contributed by atoms with van der Waals surface area (Å²) in [5, 5.41) is 12.1. The third-order valence-electron chi connectivity index (χ3n) is 1.73. The molecular weight excluding hydrogens is 200 g/mol. The van der Waals surface area contributed by atoms with Crippen LogP contribution in [0.1, 0.15) is 11.7 Å². The first-order valence-corrected chi connectivity index (χ1v) is 4.26. The third kappa shape index (κ3) is 2.04. The lowest BCUT2D eigenvalue weighted by Crippen LogP contribution is -1.99. The van der Waals surface area contributed by atoms with E-state index in [0.717, 1.165) is 5.76 Å². The van der Waals surface area contributed by atoms with Gasteiger partial charge in [-0.3, -0.25) is 4.79 Å². The number of hydrogen-bond donors (Lipinski definition) is 1. The Hall–Kier alpha value is -2.11. The Bertz CT molecular complexity index is 486. The fourth-order valence-corrected chi connectivity index (χ4v) is 1.11. The van der Waals surface area contributed by atoms with E-state index in [1.165, 1.54) is 0 Å². The van der Waals surface area contributed by atoms with E-state index in [0.29, 0.717) is 5.76 Å². The zero-order chi connectivity index (χ0) is 10.8. The maximum absolute atomic E-state index is 10.4. The van der Waals surface area contributed by atoms with Crippen molar-refractivity contribution in [2.45, 2.75) is 13.3 Å². The van der Waals surface area contributed by atoms with Crippen molar-refractivity contribution >= 4 is 5.97 Å². The number of furan rings is 1. The fraction of sp³-hybridized carbons (Fsp3) is 0.222. The number of rotatable bonds is 3. The van der Waals surface area contributed by atoms with Crippen molar-refractivity contribution in [3.05, 3.63) is 23.8 Å². The average molecular weight is 208 g/mol. The molecule has 6 nitrogen and oxygen atoms in total. The molecular formula is C9H8N2O4. The summed E-state index contributed by atoms with van der Waals surface area (Å²) in [6.45, 7) is 1.79. The Morgan fingerprint density at radius 2 is 2.33 bits per heavy atom. The summed E-state index contributed by atoms with van der Waals surface area (Å²) in [6.07, 6.45) is -0.285. The minimum atomic E-state index is -1.01. The second-order valence-electron chi connectivity index (χ2n) is 2.99. The van der Waals surface area contributed by atoms with Gasteiger partial charge in [0.05, 0.1) is 0 Å². The van der Waals surface area contributed by atoms with E-state index < -0.39 is 5.97 Å². The molecule has 0 aliphatic carbocycles. The second kappa shape index (κ2) is 3.56. The van der Waals surface area contributed by atoms with Crippen LogP contribution in [0.15, 0.2) is 21.1 Å². The molecule has 0 unspecified atom stereocenters. The molecule has 0 aliphatic rings. The Balaban J connectivity index is 2.23. The highest BCUT2D eigenvalue weighted by molar-refractivity contribution is 5.68. The lowest BCUT2D eigenvalue weighted by atomic mass is 10.4. The third-order valence-corrected chi connectivity index (χ3v) is 1.73. The van der Waals surface area contributed by atoms with E-state index in [1.54, 1.807) is 19.1 Å². The second-order valence-corrected chi connectivity index (χ2v) is 2.99. The van der Waals surface area contributed by atoms with Gasteiger partial charge in [-0.1, -0.05) is 5.16 Å². The van der Waals surface area contributed by atoms with E-state index in [9.17, 15) is 4.79 Å². The standard InChI is InChI=1S/C9H8N2O4/c1-5-2-3-6(14-5)9-10-7(15-11-9)4-8(12)13/h2-3H,4H2,1H3,(H,12,13). The molecule has 15 heavy (non-hydrogen) atoms. The highest BCUT2D eigenvalue weighted by Gasteiger charge is 2.13. The summed E-state index contributed by atoms with van der Waals surface area (Å²) in [4.78, 5) is 14.2. The first-order valence-electron chi connectivity index (χ1n) is 4.26. The molecule has 0 fully saturated rings. The zero-order valence-electron chi connectivity index (χ0n) is 7.93. The number of carboxylic acid groups (broad SMARTS) is 1. The Kier molecular flexibility index (Phi) is 2.24. The van der Waals surface area contributed by atoms with Crippen LogP contribution in [0.4, 0.5) is 0 Å². The monoisotopic (exact) mass is 208 g/mol. The molecule has 0 atom stereocenters. The molecule has 6 heteroatoms. The van der Waals surface area contributed by atoms with Gasteiger partial charge in [-0.15, -0.1) is 0 Å². The maximum Gasteiger partial charge on any atom is 0.312 e. The van der Waals surface area contributed by atoms with Crippen LogP contribution in [0.25, 0.3) is 11.6 Å². The normalized spacial score (nSPS) is 10.5. The molecule has 2 rings (SSSR count). The first kappa shape index (κ1) is 9.45. The minimum Gasteiger partial charge on any atom is -0.481 e. The van der Waals surface area contributed by atoms with Gasteiger partial charge in [0.25, 0.3) is 0 Å². The van der Waals surface area contributed by atoms with Crippen molar-refractivity contribution < 1.29 is 18.8 Å². The van der Waals surface area contributed by atoms with Crippen LogP contribution in [-0.4, -0.2) is 21.2 Å². The van der Waals surface area contributed by atoms with Crippen LogP contribution in [0.2, 0.25) is 0 Å². The molecule has 2 aromatic heterocycles. The van der Waals surface area contributed by atoms with Crippen molar-refractivity contribution in [3.63, 3.8) is 0 Å². The number of aliphatic carboxylic acids is 1. The molecule has 2 heterocycles. The molecule has 0 aliphatic heterocycles. The van der Waals surface area contributed by atoms with Crippen LogP contribution in [0.3, 0.4) is 0 Å². The highest BCUT2D eigenvalue weighted by Crippen LogP contribution is 2.18. The summed E-state index contributed by atoms with van der Waals surface area (Å²) < 4.78 is 9.99. The topological polar surface area (TPSA) is 89.4 Å². The fourth-order valence-electron chi connectivity index (χ4n) is 1.11.